The highest BCUT2D eigenvalue weighted by Crippen LogP contribution is 2.67. The molecule has 0 saturated heterocycles. The quantitative estimate of drug-likeness (QED) is 0.780. The van der Waals surface area contributed by atoms with Gasteiger partial charge in [-0.25, -0.2) is 4.39 Å². The summed E-state index contributed by atoms with van der Waals surface area (Å²) in [6.07, 6.45) is 3.13. The Hall–Kier alpha value is -0.600. The average molecular weight is 227 g/mol. The van der Waals surface area contributed by atoms with Crippen molar-refractivity contribution in [2.45, 2.75) is 24.9 Å². The largest absolute Gasteiger partial charge is 0.384 e. The zero-order chi connectivity index (χ0) is 10.6. The van der Waals surface area contributed by atoms with Gasteiger partial charge in [-0.2, -0.15) is 0 Å². The molecule has 2 atom stereocenters. The summed E-state index contributed by atoms with van der Waals surface area (Å²) in [4.78, 5) is 0. The van der Waals surface area contributed by atoms with Crippen molar-refractivity contribution in [1.82, 2.24) is 0 Å². The predicted octanol–water partition coefficient (Wildman–Crippen LogP) is 3.10. The van der Waals surface area contributed by atoms with E-state index >= 15 is 0 Å². The van der Waals surface area contributed by atoms with Gasteiger partial charge in [-0.15, -0.1) is 0 Å². The molecular formula is C12H12ClFO. The molecular weight excluding hydrogens is 215 g/mol. The molecule has 1 N–H and O–H groups in total. The maximum absolute atomic E-state index is 13.6. The SMILES string of the molecule is OC1(c2c(F)cccc2Cl)C2CCCC21. The molecule has 1 nitrogen and oxygen atoms in total. The summed E-state index contributed by atoms with van der Waals surface area (Å²) in [5.41, 5.74) is -0.651. The normalized spacial score (nSPS) is 37.8. The van der Waals surface area contributed by atoms with Gasteiger partial charge in [-0.3, -0.25) is 0 Å². The highest BCUT2D eigenvalue weighted by molar-refractivity contribution is 6.31. The molecule has 0 aromatic heterocycles. The maximum atomic E-state index is 13.6. The molecule has 2 unspecified atom stereocenters. The first-order chi connectivity index (χ1) is 7.15. The first kappa shape index (κ1) is 9.61. The van der Waals surface area contributed by atoms with Crippen LogP contribution in [-0.2, 0) is 5.60 Å². The van der Waals surface area contributed by atoms with Crippen molar-refractivity contribution in [2.24, 2.45) is 11.8 Å². The fourth-order valence-corrected chi connectivity index (χ4v) is 3.49. The molecule has 0 radical (unpaired) electrons. The molecule has 0 heterocycles. The van der Waals surface area contributed by atoms with E-state index in [4.69, 9.17) is 11.6 Å². The lowest BCUT2D eigenvalue weighted by molar-refractivity contribution is 0.101. The summed E-state index contributed by atoms with van der Waals surface area (Å²) in [6.45, 7) is 0. The first-order valence-electron chi connectivity index (χ1n) is 5.32. The van der Waals surface area contributed by atoms with E-state index in [0.717, 1.165) is 19.3 Å². The molecule has 3 heteroatoms. The monoisotopic (exact) mass is 226 g/mol. The Kier molecular flexibility index (Phi) is 1.89. The zero-order valence-electron chi connectivity index (χ0n) is 8.21. The molecule has 1 aromatic carbocycles. The Morgan fingerprint density at radius 3 is 2.60 bits per heavy atom. The van der Waals surface area contributed by atoms with E-state index in [1.54, 1.807) is 12.1 Å². The molecule has 2 aliphatic rings. The first-order valence-corrected chi connectivity index (χ1v) is 5.70. The van der Waals surface area contributed by atoms with Crippen molar-refractivity contribution in [3.8, 4) is 0 Å². The van der Waals surface area contributed by atoms with Crippen molar-refractivity contribution < 1.29 is 9.50 Å². The number of benzene rings is 1. The van der Waals surface area contributed by atoms with Crippen LogP contribution in [0.2, 0.25) is 5.02 Å². The van der Waals surface area contributed by atoms with Gasteiger partial charge in [0.1, 0.15) is 11.4 Å². The van der Waals surface area contributed by atoms with Crippen LogP contribution in [0.4, 0.5) is 4.39 Å². The summed E-state index contributed by atoms with van der Waals surface area (Å²) in [7, 11) is 0. The molecule has 1 aromatic rings. The van der Waals surface area contributed by atoms with Gasteiger partial charge in [-0.1, -0.05) is 24.1 Å². The molecule has 0 bridgehead atoms. The topological polar surface area (TPSA) is 20.2 Å². The van der Waals surface area contributed by atoms with Crippen molar-refractivity contribution in [3.63, 3.8) is 0 Å². The third kappa shape index (κ3) is 1.12. The number of hydrogen-bond acceptors (Lipinski definition) is 1. The van der Waals surface area contributed by atoms with E-state index in [-0.39, 0.29) is 17.7 Å². The van der Waals surface area contributed by atoms with E-state index in [0.29, 0.717) is 10.6 Å². The number of aliphatic hydroxyl groups is 1. The predicted molar refractivity (Wildman–Crippen MR) is 56.1 cm³/mol. The van der Waals surface area contributed by atoms with Gasteiger partial charge in [-0.05, 0) is 36.8 Å². The van der Waals surface area contributed by atoms with E-state index in [2.05, 4.69) is 0 Å². The average Bonchev–Trinajstić information content (AvgIpc) is 2.63. The Balaban J connectivity index is 2.07. The van der Waals surface area contributed by atoms with Gasteiger partial charge < -0.3 is 5.11 Å². The summed E-state index contributed by atoms with van der Waals surface area (Å²) >= 11 is 5.97. The second kappa shape index (κ2) is 2.96. The molecule has 2 aliphatic carbocycles. The zero-order valence-corrected chi connectivity index (χ0v) is 8.97. The molecule has 0 aliphatic heterocycles. The Morgan fingerprint density at radius 1 is 1.33 bits per heavy atom. The molecule has 2 fully saturated rings. The van der Waals surface area contributed by atoms with Crippen LogP contribution in [0, 0.1) is 17.7 Å². The van der Waals surface area contributed by atoms with Crippen LogP contribution in [0.5, 0.6) is 0 Å². The number of rotatable bonds is 1. The smallest absolute Gasteiger partial charge is 0.130 e. The lowest BCUT2D eigenvalue weighted by Gasteiger charge is -2.16. The van der Waals surface area contributed by atoms with Gasteiger partial charge in [0.05, 0.1) is 0 Å². The minimum atomic E-state index is -0.972. The fourth-order valence-electron chi connectivity index (χ4n) is 3.17. The highest BCUT2D eigenvalue weighted by Gasteiger charge is 2.67. The highest BCUT2D eigenvalue weighted by atomic mass is 35.5. The minimum Gasteiger partial charge on any atom is -0.384 e. The van der Waals surface area contributed by atoms with E-state index < -0.39 is 5.60 Å². The van der Waals surface area contributed by atoms with Crippen LogP contribution in [0.15, 0.2) is 18.2 Å². The van der Waals surface area contributed by atoms with Crippen LogP contribution < -0.4 is 0 Å². The van der Waals surface area contributed by atoms with Gasteiger partial charge in [0.15, 0.2) is 0 Å². The van der Waals surface area contributed by atoms with Crippen LogP contribution in [0.3, 0.4) is 0 Å². The van der Waals surface area contributed by atoms with Gasteiger partial charge in [0, 0.05) is 10.6 Å². The minimum absolute atomic E-state index is 0.229. The van der Waals surface area contributed by atoms with Gasteiger partial charge >= 0.3 is 0 Å². The summed E-state index contributed by atoms with van der Waals surface area (Å²) in [6, 6.07) is 4.59. The summed E-state index contributed by atoms with van der Waals surface area (Å²) in [5, 5.41) is 10.8. The van der Waals surface area contributed by atoms with Crippen molar-refractivity contribution in [1.29, 1.82) is 0 Å². The van der Waals surface area contributed by atoms with Crippen molar-refractivity contribution in [2.75, 3.05) is 0 Å². The molecule has 0 amide bonds. The van der Waals surface area contributed by atoms with Crippen LogP contribution in [0.25, 0.3) is 0 Å². The van der Waals surface area contributed by atoms with Crippen molar-refractivity contribution in [3.05, 3.63) is 34.6 Å². The van der Waals surface area contributed by atoms with Crippen LogP contribution in [0.1, 0.15) is 24.8 Å². The molecule has 80 valence electrons. The van der Waals surface area contributed by atoms with Gasteiger partial charge in [0.2, 0.25) is 0 Å². The summed E-state index contributed by atoms with van der Waals surface area (Å²) < 4.78 is 13.6. The van der Waals surface area contributed by atoms with Gasteiger partial charge in [0.25, 0.3) is 0 Å². The number of fused-ring (bicyclic) bond motifs is 1. The third-order valence-corrected chi connectivity index (χ3v) is 4.22. The lowest BCUT2D eigenvalue weighted by Crippen LogP contribution is -2.15. The Morgan fingerprint density at radius 2 is 2.00 bits per heavy atom. The van der Waals surface area contributed by atoms with E-state index in [1.807, 2.05) is 0 Å². The van der Waals surface area contributed by atoms with Crippen molar-refractivity contribution >= 4 is 11.6 Å². The van der Waals surface area contributed by atoms with E-state index in [9.17, 15) is 9.50 Å². The molecule has 0 spiro atoms. The second-order valence-corrected chi connectivity index (χ2v) is 4.97. The van der Waals surface area contributed by atoms with Crippen LogP contribution >= 0.6 is 11.6 Å². The third-order valence-electron chi connectivity index (χ3n) is 3.90. The Labute approximate surface area is 92.9 Å². The standard InChI is InChI=1S/C12H12ClFO/c13-9-5-2-6-10(14)11(9)12(15)7-3-1-4-8(7)12/h2,5-8,15H,1,3-4H2. The maximum Gasteiger partial charge on any atom is 0.130 e. The lowest BCUT2D eigenvalue weighted by atomic mass is 9.98. The summed E-state index contributed by atoms with van der Waals surface area (Å²) in [5.74, 6) is 0.0817. The second-order valence-electron chi connectivity index (χ2n) is 4.57. The van der Waals surface area contributed by atoms with E-state index in [1.165, 1.54) is 6.07 Å². The Bertz CT molecular complexity index is 388. The molecule has 2 saturated carbocycles. The van der Waals surface area contributed by atoms with Crippen LogP contribution in [-0.4, -0.2) is 5.11 Å². The molecule has 15 heavy (non-hydrogen) atoms. The number of halogens is 2. The fraction of sp³-hybridized carbons (Fsp3) is 0.500. The number of hydrogen-bond donors (Lipinski definition) is 1. The molecule has 3 rings (SSSR count).